The van der Waals surface area contributed by atoms with Crippen molar-refractivity contribution >= 4 is 41.0 Å². The van der Waals surface area contributed by atoms with Crippen LogP contribution in [-0.4, -0.2) is 29.0 Å². The Kier molecular flexibility index (Phi) is 8.37. The van der Waals surface area contributed by atoms with E-state index in [1.807, 2.05) is 24.3 Å². The predicted molar refractivity (Wildman–Crippen MR) is 157 cm³/mol. The maximum absolute atomic E-state index is 14.5. The van der Waals surface area contributed by atoms with E-state index in [-0.39, 0.29) is 5.56 Å². The summed E-state index contributed by atoms with van der Waals surface area (Å²) in [6.07, 6.45) is -2.10. The molecule has 3 aromatic carbocycles. The quantitative estimate of drug-likeness (QED) is 0.144. The second-order valence-electron chi connectivity index (χ2n) is 10.2. The van der Waals surface area contributed by atoms with Crippen LogP contribution >= 0.6 is 11.9 Å². The molecule has 42 heavy (non-hydrogen) atoms. The molecule has 1 aromatic heterocycles. The Hall–Kier alpha value is -4.16. The molecule has 4 N–H and O–H groups in total. The monoisotopic (exact) mass is 596 g/mol. The van der Waals surface area contributed by atoms with E-state index in [1.54, 1.807) is 42.4 Å². The highest BCUT2D eigenvalue weighted by Crippen LogP contribution is 2.35. The van der Waals surface area contributed by atoms with Crippen molar-refractivity contribution in [1.82, 2.24) is 14.7 Å². The molecule has 4 bridgehead atoms. The van der Waals surface area contributed by atoms with Crippen LogP contribution in [0.25, 0.3) is 11.1 Å². The summed E-state index contributed by atoms with van der Waals surface area (Å²) in [5.41, 5.74) is -0.155. The maximum Gasteiger partial charge on any atom is 0.416 e. The number of aromatic nitrogens is 2. The molecule has 0 radical (unpaired) electrons. The highest BCUT2D eigenvalue weighted by molar-refractivity contribution is 7.97. The largest absolute Gasteiger partial charge is 0.416 e. The zero-order valence-electron chi connectivity index (χ0n) is 22.8. The average Bonchev–Trinajstić information content (AvgIpc) is 2.95. The minimum Gasteiger partial charge on any atom is -0.369 e. The lowest BCUT2D eigenvalue weighted by Gasteiger charge is -2.25. The predicted octanol–water partition coefficient (Wildman–Crippen LogP) is 7.37. The second-order valence-corrected chi connectivity index (χ2v) is 11.2. The first kappa shape index (κ1) is 29.3. The van der Waals surface area contributed by atoms with Crippen molar-refractivity contribution in [3.63, 3.8) is 0 Å². The van der Waals surface area contributed by atoms with Gasteiger partial charge in [0, 0.05) is 46.7 Å². The van der Waals surface area contributed by atoms with E-state index in [4.69, 9.17) is 0 Å². The topological polar surface area (TPSA) is 91.0 Å². The average molecular weight is 597 g/mol. The molecular formula is C30H28F4N6OS. The number of anilines is 4. The molecule has 7 nitrogen and oxygen atoms in total. The van der Waals surface area contributed by atoms with Crippen molar-refractivity contribution in [1.29, 1.82) is 0 Å². The molecule has 0 spiro atoms. The van der Waals surface area contributed by atoms with E-state index in [2.05, 4.69) is 30.6 Å². The second kappa shape index (κ2) is 12.0. The summed E-state index contributed by atoms with van der Waals surface area (Å²) in [6.45, 7) is 4.22. The minimum atomic E-state index is -4.66. The third-order valence-electron chi connectivity index (χ3n) is 6.81. The summed E-state index contributed by atoms with van der Waals surface area (Å²) in [4.78, 5) is 23.4. The summed E-state index contributed by atoms with van der Waals surface area (Å²) in [5, 5.41) is 9.31. The van der Waals surface area contributed by atoms with Crippen LogP contribution in [0.5, 0.6) is 0 Å². The lowest BCUT2D eigenvalue weighted by molar-refractivity contribution is -0.137. The number of carbonyl (C=O) groups is 1. The van der Waals surface area contributed by atoms with Crippen LogP contribution in [0.3, 0.4) is 0 Å². The molecule has 0 fully saturated rings. The number of nitrogens with one attached hydrogen (secondary N) is 4. The molecule has 1 amide bonds. The molecule has 5 rings (SSSR count). The molecule has 0 atom stereocenters. The van der Waals surface area contributed by atoms with Gasteiger partial charge in [0.2, 0.25) is 11.9 Å². The highest BCUT2D eigenvalue weighted by atomic mass is 32.2. The number of amides is 1. The molecule has 0 saturated carbocycles. The SMILES string of the molecule is CC(C)(C(=O)Nc1ccc(-c2cnc3nc2NCCCNSc2cccc(c2)N3)cc1)c1cc(C(F)(F)F)ccc1F. The highest BCUT2D eigenvalue weighted by Gasteiger charge is 2.37. The Labute approximate surface area is 244 Å². The van der Waals surface area contributed by atoms with Gasteiger partial charge in [0.05, 0.1) is 11.0 Å². The number of benzene rings is 3. The lowest BCUT2D eigenvalue weighted by Crippen LogP contribution is -2.35. The van der Waals surface area contributed by atoms with E-state index in [0.717, 1.165) is 40.7 Å². The Morgan fingerprint density at radius 3 is 2.55 bits per heavy atom. The molecule has 0 unspecified atom stereocenters. The summed E-state index contributed by atoms with van der Waals surface area (Å²) < 4.78 is 57.6. The Morgan fingerprint density at radius 1 is 1.00 bits per heavy atom. The zero-order chi connectivity index (χ0) is 29.9. The van der Waals surface area contributed by atoms with Gasteiger partial charge in [0.1, 0.15) is 11.6 Å². The van der Waals surface area contributed by atoms with Gasteiger partial charge >= 0.3 is 6.18 Å². The fourth-order valence-corrected chi connectivity index (χ4v) is 5.13. The van der Waals surface area contributed by atoms with Crippen LogP contribution in [0.1, 0.15) is 31.4 Å². The first-order valence-corrected chi connectivity index (χ1v) is 14.0. The molecule has 12 heteroatoms. The Balaban J connectivity index is 1.36. The molecule has 4 aromatic rings. The maximum atomic E-state index is 14.5. The molecule has 2 heterocycles. The Bertz CT molecular complexity index is 1590. The van der Waals surface area contributed by atoms with Gasteiger partial charge in [-0.15, -0.1) is 0 Å². The molecule has 218 valence electrons. The fraction of sp³-hybridized carbons (Fsp3) is 0.233. The van der Waals surface area contributed by atoms with Gasteiger partial charge in [-0.1, -0.05) is 18.2 Å². The van der Waals surface area contributed by atoms with Crippen LogP contribution in [0.15, 0.2) is 77.8 Å². The van der Waals surface area contributed by atoms with Crippen molar-refractivity contribution in [2.75, 3.05) is 29.0 Å². The summed E-state index contributed by atoms with van der Waals surface area (Å²) in [7, 11) is 0. The number of hydrogen-bond donors (Lipinski definition) is 4. The normalized spacial score (nSPS) is 14.0. The third-order valence-corrected chi connectivity index (χ3v) is 7.64. The number of fused-ring (bicyclic) bond motifs is 4. The molecule has 1 aliphatic heterocycles. The van der Waals surface area contributed by atoms with Crippen LogP contribution in [0.4, 0.5) is 40.7 Å². The molecule has 0 saturated heterocycles. The fourth-order valence-electron chi connectivity index (χ4n) is 4.38. The zero-order valence-corrected chi connectivity index (χ0v) is 23.6. The number of alkyl halides is 3. The van der Waals surface area contributed by atoms with E-state index in [9.17, 15) is 22.4 Å². The first-order chi connectivity index (χ1) is 20.0. The number of carbonyl (C=O) groups excluding carboxylic acids is 1. The van der Waals surface area contributed by atoms with Crippen LogP contribution in [-0.2, 0) is 16.4 Å². The van der Waals surface area contributed by atoms with Crippen LogP contribution in [0, 0.1) is 5.82 Å². The molecule has 0 aliphatic carbocycles. The Morgan fingerprint density at radius 2 is 1.79 bits per heavy atom. The molecular weight excluding hydrogens is 568 g/mol. The van der Waals surface area contributed by atoms with Crippen molar-refractivity contribution in [2.24, 2.45) is 0 Å². The summed E-state index contributed by atoms with van der Waals surface area (Å²) >= 11 is 1.56. The van der Waals surface area contributed by atoms with Gasteiger partial charge in [-0.3, -0.25) is 9.52 Å². The number of halogens is 4. The van der Waals surface area contributed by atoms with E-state index in [0.29, 0.717) is 36.1 Å². The van der Waals surface area contributed by atoms with Crippen molar-refractivity contribution < 1.29 is 22.4 Å². The van der Waals surface area contributed by atoms with Crippen molar-refractivity contribution in [3.05, 3.63) is 89.9 Å². The van der Waals surface area contributed by atoms with Gasteiger partial charge in [-0.05, 0) is 86.3 Å². The van der Waals surface area contributed by atoms with E-state index in [1.165, 1.54) is 13.8 Å². The van der Waals surface area contributed by atoms with Gasteiger partial charge in [-0.2, -0.15) is 18.2 Å². The molecule has 1 aliphatic rings. The third kappa shape index (κ3) is 6.66. The standard InChI is InChI=1S/C30H28F4N6OS/c1-29(2,24-15-19(30(32,33)34)9-12-25(24)31)27(41)38-20-10-7-18(8-11-20)23-17-36-28-39-21-5-3-6-22(16-21)42-37-14-4-13-35-26(23)40-28/h3,5-12,15-17,37H,4,13-14H2,1-2H3,(H,38,41)(H2,35,36,39,40). The minimum absolute atomic E-state index is 0.344. The number of rotatable bonds is 4. The first-order valence-electron chi connectivity index (χ1n) is 13.2. The van der Waals surface area contributed by atoms with Crippen molar-refractivity contribution in [2.45, 2.75) is 36.8 Å². The van der Waals surface area contributed by atoms with Gasteiger partial charge in [-0.25, -0.2) is 9.37 Å². The lowest BCUT2D eigenvalue weighted by atomic mass is 9.82. The van der Waals surface area contributed by atoms with Gasteiger partial charge in [0.15, 0.2) is 0 Å². The van der Waals surface area contributed by atoms with Gasteiger partial charge < -0.3 is 16.0 Å². The van der Waals surface area contributed by atoms with Crippen LogP contribution in [0.2, 0.25) is 0 Å². The smallest absolute Gasteiger partial charge is 0.369 e. The van der Waals surface area contributed by atoms with E-state index >= 15 is 0 Å². The van der Waals surface area contributed by atoms with Crippen LogP contribution < -0.4 is 20.7 Å². The summed E-state index contributed by atoms with van der Waals surface area (Å²) in [5.74, 6) is -0.472. The number of nitrogens with zero attached hydrogens (tertiary/aromatic N) is 2. The van der Waals surface area contributed by atoms with E-state index < -0.39 is 28.9 Å². The number of hydrogen-bond acceptors (Lipinski definition) is 7. The van der Waals surface area contributed by atoms with Crippen molar-refractivity contribution in [3.8, 4) is 11.1 Å². The summed E-state index contributed by atoms with van der Waals surface area (Å²) in [6, 6.07) is 16.9. The van der Waals surface area contributed by atoms with Gasteiger partial charge in [0.25, 0.3) is 0 Å².